The normalized spacial score (nSPS) is 15.2. The summed E-state index contributed by atoms with van der Waals surface area (Å²) in [5.74, 6) is -0.746. The largest absolute Gasteiger partial charge is 0.480 e. The van der Waals surface area contributed by atoms with Crippen molar-refractivity contribution in [3.05, 3.63) is 22.4 Å². The highest BCUT2D eigenvalue weighted by molar-refractivity contribution is 7.09. The number of thiophene rings is 1. The minimum Gasteiger partial charge on any atom is -0.480 e. The summed E-state index contributed by atoms with van der Waals surface area (Å²) in [7, 11) is 0. The molecule has 0 aromatic carbocycles. The van der Waals surface area contributed by atoms with Crippen LogP contribution < -0.4 is 5.32 Å². The summed E-state index contributed by atoms with van der Waals surface area (Å²) in [6.45, 7) is 6.16. The second kappa shape index (κ2) is 4.77. The molecule has 4 heteroatoms. The lowest BCUT2D eigenvalue weighted by molar-refractivity contribution is -0.146. The highest BCUT2D eigenvalue weighted by Crippen LogP contribution is 2.18. The van der Waals surface area contributed by atoms with Crippen LogP contribution in [0.15, 0.2) is 17.5 Å². The quantitative estimate of drug-likeness (QED) is 0.811. The second-order valence-electron chi connectivity index (χ2n) is 4.10. The number of carbonyl (C=O) groups is 1. The van der Waals surface area contributed by atoms with Gasteiger partial charge < -0.3 is 5.11 Å². The fourth-order valence-electron chi connectivity index (χ4n) is 1.21. The van der Waals surface area contributed by atoms with Gasteiger partial charge in [-0.2, -0.15) is 0 Å². The van der Waals surface area contributed by atoms with Crippen LogP contribution in [0, 0.1) is 5.92 Å². The zero-order valence-electron chi connectivity index (χ0n) is 9.28. The van der Waals surface area contributed by atoms with E-state index in [0.717, 1.165) is 4.88 Å². The number of hydrogen-bond acceptors (Lipinski definition) is 3. The second-order valence-corrected chi connectivity index (χ2v) is 5.13. The molecule has 0 aliphatic carbocycles. The Balaban J connectivity index is 2.64. The number of rotatable bonds is 5. The topological polar surface area (TPSA) is 49.3 Å². The van der Waals surface area contributed by atoms with Gasteiger partial charge in [-0.1, -0.05) is 19.9 Å². The Bertz CT molecular complexity index is 321. The van der Waals surface area contributed by atoms with Crippen LogP contribution >= 0.6 is 11.3 Å². The third kappa shape index (κ3) is 2.79. The predicted octanol–water partition coefficient (Wildman–Crippen LogP) is 2.34. The Morgan fingerprint density at radius 1 is 1.67 bits per heavy atom. The highest BCUT2D eigenvalue weighted by Gasteiger charge is 2.35. The molecule has 1 heterocycles. The Kier molecular flexibility index (Phi) is 3.88. The predicted molar refractivity (Wildman–Crippen MR) is 62.0 cm³/mol. The first-order valence-electron chi connectivity index (χ1n) is 4.97. The molecule has 0 aliphatic heterocycles. The van der Waals surface area contributed by atoms with Crippen LogP contribution in [-0.4, -0.2) is 16.6 Å². The summed E-state index contributed by atoms with van der Waals surface area (Å²) in [6, 6.07) is 3.97. The average molecular weight is 227 g/mol. The lowest BCUT2D eigenvalue weighted by Gasteiger charge is -2.30. The molecule has 1 aromatic rings. The van der Waals surface area contributed by atoms with Crippen molar-refractivity contribution in [2.24, 2.45) is 5.92 Å². The van der Waals surface area contributed by atoms with Gasteiger partial charge in [-0.25, -0.2) is 0 Å². The molecule has 0 fully saturated rings. The van der Waals surface area contributed by atoms with Crippen LogP contribution in [0.5, 0.6) is 0 Å². The molecule has 1 aromatic heterocycles. The van der Waals surface area contributed by atoms with Gasteiger partial charge in [0.05, 0.1) is 0 Å². The summed E-state index contributed by atoms with van der Waals surface area (Å²) in [6.07, 6.45) is 0. The lowest BCUT2D eigenvalue weighted by Crippen LogP contribution is -2.53. The minimum atomic E-state index is -0.857. The average Bonchev–Trinajstić information content (AvgIpc) is 2.65. The number of aliphatic carboxylic acids is 1. The first kappa shape index (κ1) is 12.2. The van der Waals surface area contributed by atoms with Crippen molar-refractivity contribution in [3.8, 4) is 0 Å². The molecule has 0 bridgehead atoms. The van der Waals surface area contributed by atoms with Crippen molar-refractivity contribution < 1.29 is 9.90 Å². The Labute approximate surface area is 94.1 Å². The van der Waals surface area contributed by atoms with Crippen molar-refractivity contribution in [3.63, 3.8) is 0 Å². The van der Waals surface area contributed by atoms with Gasteiger partial charge in [0.2, 0.25) is 0 Å². The summed E-state index contributed by atoms with van der Waals surface area (Å²) >= 11 is 1.63. The molecule has 0 saturated carbocycles. The molecule has 0 aliphatic rings. The van der Waals surface area contributed by atoms with Crippen molar-refractivity contribution in [1.82, 2.24) is 5.32 Å². The van der Waals surface area contributed by atoms with Crippen molar-refractivity contribution in [1.29, 1.82) is 0 Å². The van der Waals surface area contributed by atoms with Gasteiger partial charge in [0.15, 0.2) is 0 Å². The summed E-state index contributed by atoms with van der Waals surface area (Å²) in [4.78, 5) is 12.3. The van der Waals surface area contributed by atoms with Crippen molar-refractivity contribution in [2.45, 2.75) is 32.9 Å². The van der Waals surface area contributed by atoms with Crippen molar-refractivity contribution >= 4 is 17.3 Å². The summed E-state index contributed by atoms with van der Waals surface area (Å²) in [5, 5.41) is 14.3. The van der Waals surface area contributed by atoms with Crippen molar-refractivity contribution in [2.75, 3.05) is 0 Å². The maximum atomic E-state index is 11.2. The van der Waals surface area contributed by atoms with Crippen LogP contribution in [0.4, 0.5) is 0 Å². The third-order valence-corrected chi connectivity index (χ3v) is 3.69. The van der Waals surface area contributed by atoms with E-state index < -0.39 is 11.5 Å². The van der Waals surface area contributed by atoms with E-state index in [9.17, 15) is 9.90 Å². The van der Waals surface area contributed by atoms with Gasteiger partial charge in [0, 0.05) is 11.4 Å². The van der Waals surface area contributed by atoms with Gasteiger partial charge in [-0.3, -0.25) is 10.1 Å². The first-order valence-corrected chi connectivity index (χ1v) is 5.85. The molecule has 0 radical (unpaired) electrons. The molecule has 84 valence electrons. The molecule has 1 unspecified atom stereocenters. The fourth-order valence-corrected chi connectivity index (χ4v) is 1.86. The van der Waals surface area contributed by atoms with E-state index in [2.05, 4.69) is 5.32 Å². The first-order chi connectivity index (χ1) is 6.97. The van der Waals surface area contributed by atoms with Gasteiger partial charge in [-0.05, 0) is 24.3 Å². The molecule has 1 atom stereocenters. The standard InChI is InChI=1S/C11H17NO2S/c1-8(2)11(3,10(13)14)12-7-9-5-4-6-15-9/h4-6,8,12H,7H2,1-3H3,(H,13,14). The maximum Gasteiger partial charge on any atom is 0.323 e. The van der Waals surface area contributed by atoms with Crippen LogP contribution in [0.1, 0.15) is 25.6 Å². The van der Waals surface area contributed by atoms with E-state index >= 15 is 0 Å². The Hall–Kier alpha value is -0.870. The molecular formula is C11H17NO2S. The summed E-state index contributed by atoms with van der Waals surface area (Å²) < 4.78 is 0. The SMILES string of the molecule is CC(C)C(C)(NCc1cccs1)C(=O)O. The molecule has 3 nitrogen and oxygen atoms in total. The van der Waals surface area contributed by atoms with Gasteiger partial charge in [0.25, 0.3) is 0 Å². The fraction of sp³-hybridized carbons (Fsp3) is 0.545. The molecule has 2 N–H and O–H groups in total. The molecule has 15 heavy (non-hydrogen) atoms. The van der Waals surface area contributed by atoms with Crippen LogP contribution in [0.2, 0.25) is 0 Å². The molecule has 0 saturated heterocycles. The third-order valence-electron chi connectivity index (χ3n) is 2.81. The molecule has 0 amide bonds. The Morgan fingerprint density at radius 2 is 2.33 bits per heavy atom. The number of carboxylic acids is 1. The monoisotopic (exact) mass is 227 g/mol. The van der Waals surface area contributed by atoms with Crippen LogP contribution in [0.3, 0.4) is 0 Å². The molecule has 1 rings (SSSR count). The Morgan fingerprint density at radius 3 is 2.73 bits per heavy atom. The highest BCUT2D eigenvalue weighted by atomic mass is 32.1. The lowest BCUT2D eigenvalue weighted by atomic mass is 9.88. The maximum absolute atomic E-state index is 11.2. The van der Waals surface area contributed by atoms with E-state index in [4.69, 9.17) is 0 Å². The van der Waals surface area contributed by atoms with E-state index in [-0.39, 0.29) is 5.92 Å². The van der Waals surface area contributed by atoms with Crippen LogP contribution in [0.25, 0.3) is 0 Å². The summed E-state index contributed by atoms with van der Waals surface area (Å²) in [5.41, 5.74) is -0.857. The number of nitrogens with one attached hydrogen (secondary N) is 1. The van der Waals surface area contributed by atoms with E-state index in [1.807, 2.05) is 31.4 Å². The van der Waals surface area contributed by atoms with E-state index in [1.165, 1.54) is 0 Å². The zero-order valence-corrected chi connectivity index (χ0v) is 10.1. The van der Waals surface area contributed by atoms with Gasteiger partial charge >= 0.3 is 5.97 Å². The minimum absolute atomic E-state index is 0.0509. The molecule has 0 spiro atoms. The van der Waals surface area contributed by atoms with E-state index in [1.54, 1.807) is 18.3 Å². The molecular weight excluding hydrogens is 210 g/mol. The smallest absolute Gasteiger partial charge is 0.323 e. The number of hydrogen-bond donors (Lipinski definition) is 2. The number of carboxylic acid groups (broad SMARTS) is 1. The van der Waals surface area contributed by atoms with Gasteiger partial charge in [0.1, 0.15) is 5.54 Å². The zero-order chi connectivity index (χ0) is 11.5. The van der Waals surface area contributed by atoms with Crippen LogP contribution in [-0.2, 0) is 11.3 Å². The van der Waals surface area contributed by atoms with E-state index in [0.29, 0.717) is 6.54 Å². The van der Waals surface area contributed by atoms with Gasteiger partial charge in [-0.15, -0.1) is 11.3 Å².